The van der Waals surface area contributed by atoms with Crippen LogP contribution in [-0.4, -0.2) is 33.9 Å². The lowest BCUT2D eigenvalue weighted by Crippen LogP contribution is -2.34. The maximum absolute atomic E-state index is 14.2. The van der Waals surface area contributed by atoms with Crippen molar-refractivity contribution in [2.45, 2.75) is 13.3 Å². The molecule has 1 aromatic rings. The first-order chi connectivity index (χ1) is 9.56. The predicted molar refractivity (Wildman–Crippen MR) is 79.7 cm³/mol. The van der Waals surface area contributed by atoms with Crippen LogP contribution < -0.4 is 10.1 Å². The lowest BCUT2D eigenvalue weighted by molar-refractivity contribution is 0.195. The van der Waals surface area contributed by atoms with Crippen molar-refractivity contribution in [1.29, 1.82) is 0 Å². The molecule has 0 fully saturated rings. The van der Waals surface area contributed by atoms with E-state index in [2.05, 4.69) is 18.8 Å². The van der Waals surface area contributed by atoms with Crippen molar-refractivity contribution < 1.29 is 13.9 Å². The minimum Gasteiger partial charge on any atom is -0.494 e. The van der Waals surface area contributed by atoms with Crippen LogP contribution in [0.5, 0.6) is 5.75 Å². The molecule has 0 saturated carbocycles. The molecule has 0 radical (unpaired) electrons. The SMILES string of the molecule is C=CC(C)(CNCCOC)Cc1cccc(OC)c1F. The fourth-order valence-electron chi connectivity index (χ4n) is 2.04. The lowest BCUT2D eigenvalue weighted by atomic mass is 9.83. The van der Waals surface area contributed by atoms with Crippen molar-refractivity contribution in [1.82, 2.24) is 5.32 Å². The Morgan fingerprint density at radius 3 is 2.75 bits per heavy atom. The Morgan fingerprint density at radius 1 is 1.40 bits per heavy atom. The van der Waals surface area contributed by atoms with Crippen LogP contribution in [0.3, 0.4) is 0 Å². The van der Waals surface area contributed by atoms with E-state index < -0.39 is 0 Å². The zero-order valence-electron chi connectivity index (χ0n) is 12.5. The highest BCUT2D eigenvalue weighted by molar-refractivity contribution is 5.32. The van der Waals surface area contributed by atoms with Crippen LogP contribution in [0.4, 0.5) is 4.39 Å². The molecule has 0 aromatic heterocycles. The van der Waals surface area contributed by atoms with Gasteiger partial charge in [0.25, 0.3) is 0 Å². The van der Waals surface area contributed by atoms with Gasteiger partial charge in [-0.3, -0.25) is 0 Å². The van der Waals surface area contributed by atoms with Gasteiger partial charge < -0.3 is 14.8 Å². The molecule has 1 atom stereocenters. The van der Waals surface area contributed by atoms with Gasteiger partial charge in [-0.25, -0.2) is 4.39 Å². The minimum atomic E-state index is -0.292. The molecule has 1 N–H and O–H groups in total. The molecule has 112 valence electrons. The van der Waals surface area contributed by atoms with Crippen molar-refractivity contribution in [2.24, 2.45) is 5.41 Å². The normalized spacial score (nSPS) is 13.8. The lowest BCUT2D eigenvalue weighted by Gasteiger charge is -2.26. The second-order valence-electron chi connectivity index (χ2n) is 5.14. The molecule has 3 nitrogen and oxygen atoms in total. The average Bonchev–Trinajstić information content (AvgIpc) is 2.46. The van der Waals surface area contributed by atoms with Gasteiger partial charge >= 0.3 is 0 Å². The van der Waals surface area contributed by atoms with Gasteiger partial charge in [0, 0.05) is 25.6 Å². The quantitative estimate of drug-likeness (QED) is 0.558. The van der Waals surface area contributed by atoms with Crippen LogP contribution in [0.15, 0.2) is 30.9 Å². The highest BCUT2D eigenvalue weighted by atomic mass is 19.1. The molecule has 0 bridgehead atoms. The molecule has 0 saturated heterocycles. The van der Waals surface area contributed by atoms with Crippen molar-refractivity contribution in [3.63, 3.8) is 0 Å². The van der Waals surface area contributed by atoms with Crippen LogP contribution in [-0.2, 0) is 11.2 Å². The molecule has 0 aliphatic carbocycles. The summed E-state index contributed by atoms with van der Waals surface area (Å²) < 4.78 is 24.2. The third-order valence-electron chi connectivity index (χ3n) is 3.36. The van der Waals surface area contributed by atoms with E-state index in [1.165, 1.54) is 7.11 Å². The summed E-state index contributed by atoms with van der Waals surface area (Å²) in [5.74, 6) is -0.0128. The number of ether oxygens (including phenoxy) is 2. The average molecular weight is 281 g/mol. The minimum absolute atomic E-state index is 0.221. The number of halogens is 1. The van der Waals surface area contributed by atoms with Gasteiger partial charge in [0.15, 0.2) is 11.6 Å². The summed E-state index contributed by atoms with van der Waals surface area (Å²) >= 11 is 0. The molecule has 0 amide bonds. The first-order valence-corrected chi connectivity index (χ1v) is 6.71. The van der Waals surface area contributed by atoms with E-state index in [0.717, 1.165) is 13.1 Å². The van der Waals surface area contributed by atoms with Crippen molar-refractivity contribution in [3.8, 4) is 5.75 Å². The Morgan fingerprint density at radius 2 is 2.15 bits per heavy atom. The second kappa shape index (κ2) is 8.02. The topological polar surface area (TPSA) is 30.5 Å². The first kappa shape index (κ1) is 16.7. The van der Waals surface area contributed by atoms with Crippen molar-refractivity contribution >= 4 is 0 Å². The molecule has 0 aliphatic rings. The van der Waals surface area contributed by atoms with E-state index in [1.807, 2.05) is 6.08 Å². The van der Waals surface area contributed by atoms with Gasteiger partial charge in [0.05, 0.1) is 13.7 Å². The Hall–Kier alpha value is -1.39. The Bertz CT molecular complexity index is 436. The molecule has 1 unspecified atom stereocenters. The first-order valence-electron chi connectivity index (χ1n) is 6.71. The highest BCUT2D eigenvalue weighted by Crippen LogP contribution is 2.28. The number of methoxy groups -OCH3 is 2. The maximum Gasteiger partial charge on any atom is 0.168 e. The number of hydrogen-bond donors (Lipinski definition) is 1. The van der Waals surface area contributed by atoms with Gasteiger partial charge in [0.2, 0.25) is 0 Å². The standard InChI is InChI=1S/C16H24FNO2/c1-5-16(2,12-18-9-10-19-3)11-13-7-6-8-14(20-4)15(13)17/h5-8,18H,1,9-12H2,2-4H3. The van der Waals surface area contributed by atoms with E-state index >= 15 is 0 Å². The third kappa shape index (κ3) is 4.62. The Kier molecular flexibility index (Phi) is 6.68. The molecular formula is C16H24FNO2. The van der Waals surface area contributed by atoms with Crippen molar-refractivity contribution in [2.75, 3.05) is 33.9 Å². The van der Waals surface area contributed by atoms with Gasteiger partial charge in [-0.2, -0.15) is 0 Å². The van der Waals surface area contributed by atoms with Crippen LogP contribution in [0.25, 0.3) is 0 Å². The van der Waals surface area contributed by atoms with Crippen LogP contribution >= 0.6 is 0 Å². The molecular weight excluding hydrogens is 257 g/mol. The van der Waals surface area contributed by atoms with Gasteiger partial charge in [-0.15, -0.1) is 6.58 Å². The van der Waals surface area contributed by atoms with E-state index in [4.69, 9.17) is 9.47 Å². The Labute approximate surface area is 120 Å². The summed E-state index contributed by atoms with van der Waals surface area (Å²) in [4.78, 5) is 0. The van der Waals surface area contributed by atoms with E-state index in [9.17, 15) is 4.39 Å². The molecule has 0 spiro atoms. The number of rotatable bonds is 9. The largest absolute Gasteiger partial charge is 0.494 e. The molecule has 1 rings (SSSR count). The fourth-order valence-corrected chi connectivity index (χ4v) is 2.04. The predicted octanol–water partition coefficient (Wildman–Crippen LogP) is 2.81. The molecule has 0 aliphatic heterocycles. The molecule has 0 heterocycles. The molecule has 4 heteroatoms. The molecule has 20 heavy (non-hydrogen) atoms. The van der Waals surface area contributed by atoms with Gasteiger partial charge in [-0.05, 0) is 18.1 Å². The monoisotopic (exact) mass is 281 g/mol. The summed E-state index contributed by atoms with van der Waals surface area (Å²) in [7, 11) is 3.14. The van der Waals surface area contributed by atoms with Gasteiger partial charge in [-0.1, -0.05) is 25.1 Å². The third-order valence-corrected chi connectivity index (χ3v) is 3.36. The molecule has 1 aromatic carbocycles. The van der Waals surface area contributed by atoms with Crippen LogP contribution in [0.2, 0.25) is 0 Å². The zero-order chi connectivity index (χ0) is 15.0. The Balaban J connectivity index is 2.74. The van der Waals surface area contributed by atoms with E-state index in [0.29, 0.717) is 18.6 Å². The smallest absolute Gasteiger partial charge is 0.168 e. The highest BCUT2D eigenvalue weighted by Gasteiger charge is 2.23. The summed E-state index contributed by atoms with van der Waals surface area (Å²) in [6.07, 6.45) is 2.44. The van der Waals surface area contributed by atoms with Crippen molar-refractivity contribution in [3.05, 3.63) is 42.2 Å². The number of benzene rings is 1. The number of nitrogens with one attached hydrogen (secondary N) is 1. The van der Waals surface area contributed by atoms with Gasteiger partial charge in [0.1, 0.15) is 0 Å². The van der Waals surface area contributed by atoms with Crippen LogP contribution in [0, 0.1) is 11.2 Å². The summed E-state index contributed by atoms with van der Waals surface area (Å²) in [5.41, 5.74) is 0.418. The van der Waals surface area contributed by atoms with Crippen LogP contribution in [0.1, 0.15) is 12.5 Å². The van der Waals surface area contributed by atoms with E-state index in [-0.39, 0.29) is 17.0 Å². The van der Waals surface area contributed by atoms with E-state index in [1.54, 1.807) is 25.3 Å². The fraction of sp³-hybridized carbons (Fsp3) is 0.500. The summed E-state index contributed by atoms with van der Waals surface area (Å²) in [6, 6.07) is 5.22. The summed E-state index contributed by atoms with van der Waals surface area (Å²) in [6.45, 7) is 8.07. The zero-order valence-corrected chi connectivity index (χ0v) is 12.5. The maximum atomic E-state index is 14.2. The second-order valence-corrected chi connectivity index (χ2v) is 5.14. The summed E-state index contributed by atoms with van der Waals surface area (Å²) in [5, 5.41) is 3.30. The number of hydrogen-bond acceptors (Lipinski definition) is 3.